The summed E-state index contributed by atoms with van der Waals surface area (Å²) >= 11 is 0. The number of Topliss-reactive ketones (excluding diaryl/α,β-unsaturated/α-hetero) is 2. The summed E-state index contributed by atoms with van der Waals surface area (Å²) in [5.41, 5.74) is 0.953. The van der Waals surface area contributed by atoms with Crippen LogP contribution in [0.15, 0.2) is 48.5 Å². The Morgan fingerprint density at radius 2 is 1.42 bits per heavy atom. The standard InChI is InChI=1S/C19H17NO6/c1-25-15-9-5-12(6-10-15)16(21)11-17(22)18(23)20-14-7-3-13(4-8-14)19(24)26-2/h3-10H,11H2,1-2H3,(H,20,23). The maximum atomic E-state index is 12.1. The molecule has 0 saturated heterocycles. The number of ketones is 2. The van der Waals surface area contributed by atoms with Gasteiger partial charge in [0.2, 0.25) is 5.78 Å². The van der Waals surface area contributed by atoms with E-state index >= 15 is 0 Å². The Kier molecular flexibility index (Phi) is 6.21. The summed E-state index contributed by atoms with van der Waals surface area (Å²) in [5, 5.41) is 2.39. The van der Waals surface area contributed by atoms with Gasteiger partial charge < -0.3 is 14.8 Å². The molecule has 134 valence electrons. The van der Waals surface area contributed by atoms with Crippen LogP contribution >= 0.6 is 0 Å². The molecule has 26 heavy (non-hydrogen) atoms. The summed E-state index contributed by atoms with van der Waals surface area (Å²) in [6.45, 7) is 0. The number of nitrogens with one attached hydrogen (secondary N) is 1. The molecule has 2 aromatic carbocycles. The molecule has 0 heterocycles. The lowest BCUT2D eigenvalue weighted by atomic mass is 10.1. The van der Waals surface area contributed by atoms with E-state index < -0.39 is 29.9 Å². The molecule has 0 spiro atoms. The first-order valence-corrected chi connectivity index (χ1v) is 7.64. The van der Waals surface area contributed by atoms with Gasteiger partial charge in [-0.3, -0.25) is 14.4 Å². The highest BCUT2D eigenvalue weighted by atomic mass is 16.5. The van der Waals surface area contributed by atoms with Crippen LogP contribution in [0.25, 0.3) is 0 Å². The maximum absolute atomic E-state index is 12.1. The Hall–Kier alpha value is -3.48. The van der Waals surface area contributed by atoms with Crippen LogP contribution in [-0.2, 0) is 14.3 Å². The zero-order valence-electron chi connectivity index (χ0n) is 14.3. The third-order valence-corrected chi connectivity index (χ3v) is 3.55. The lowest BCUT2D eigenvalue weighted by Crippen LogP contribution is -2.25. The SMILES string of the molecule is COC(=O)c1ccc(NC(=O)C(=O)CC(=O)c2ccc(OC)cc2)cc1. The van der Waals surface area contributed by atoms with Gasteiger partial charge in [0.25, 0.3) is 5.91 Å². The molecule has 2 rings (SSSR count). The maximum Gasteiger partial charge on any atom is 0.337 e. The van der Waals surface area contributed by atoms with E-state index in [0.717, 1.165) is 0 Å². The highest BCUT2D eigenvalue weighted by molar-refractivity contribution is 6.44. The molecule has 1 N–H and O–H groups in total. The van der Waals surface area contributed by atoms with Crippen molar-refractivity contribution in [1.29, 1.82) is 0 Å². The highest BCUT2D eigenvalue weighted by Crippen LogP contribution is 2.14. The van der Waals surface area contributed by atoms with Gasteiger partial charge in [0.1, 0.15) is 5.75 Å². The molecule has 2 aromatic rings. The third kappa shape index (κ3) is 4.76. The summed E-state index contributed by atoms with van der Waals surface area (Å²) in [5.74, 6) is -2.15. The molecular formula is C19H17NO6. The van der Waals surface area contributed by atoms with Crippen LogP contribution in [0.1, 0.15) is 27.1 Å². The fourth-order valence-corrected chi connectivity index (χ4v) is 2.11. The fourth-order valence-electron chi connectivity index (χ4n) is 2.11. The Balaban J connectivity index is 1.95. The van der Waals surface area contributed by atoms with Crippen molar-refractivity contribution in [3.05, 3.63) is 59.7 Å². The van der Waals surface area contributed by atoms with Gasteiger partial charge in [0.05, 0.1) is 26.2 Å². The van der Waals surface area contributed by atoms with Crippen LogP contribution in [0.4, 0.5) is 5.69 Å². The Bertz CT molecular complexity index is 824. The lowest BCUT2D eigenvalue weighted by molar-refractivity contribution is -0.134. The van der Waals surface area contributed by atoms with Gasteiger partial charge in [-0.2, -0.15) is 0 Å². The van der Waals surface area contributed by atoms with Gasteiger partial charge >= 0.3 is 5.97 Å². The van der Waals surface area contributed by atoms with E-state index in [4.69, 9.17) is 4.74 Å². The molecule has 7 nitrogen and oxygen atoms in total. The Morgan fingerprint density at radius 3 is 1.96 bits per heavy atom. The summed E-state index contributed by atoms with van der Waals surface area (Å²) in [7, 11) is 2.76. The van der Waals surface area contributed by atoms with E-state index in [1.165, 1.54) is 50.6 Å². The molecule has 7 heteroatoms. The predicted octanol–water partition coefficient (Wildman–Crippen LogP) is 2.26. The second-order valence-electron chi connectivity index (χ2n) is 5.27. The van der Waals surface area contributed by atoms with Crippen molar-refractivity contribution in [1.82, 2.24) is 0 Å². The average molecular weight is 355 g/mol. The number of ether oxygens (including phenoxy) is 2. The van der Waals surface area contributed by atoms with Gasteiger partial charge in [0, 0.05) is 11.3 Å². The first-order chi connectivity index (χ1) is 12.4. The van der Waals surface area contributed by atoms with Crippen molar-refractivity contribution < 1.29 is 28.7 Å². The average Bonchev–Trinajstić information content (AvgIpc) is 2.67. The monoisotopic (exact) mass is 355 g/mol. The van der Waals surface area contributed by atoms with Gasteiger partial charge in [-0.1, -0.05) is 0 Å². The normalized spacial score (nSPS) is 9.92. The number of esters is 1. The van der Waals surface area contributed by atoms with Gasteiger partial charge in [0.15, 0.2) is 5.78 Å². The number of methoxy groups -OCH3 is 2. The highest BCUT2D eigenvalue weighted by Gasteiger charge is 2.19. The van der Waals surface area contributed by atoms with E-state index in [1.54, 1.807) is 12.1 Å². The van der Waals surface area contributed by atoms with E-state index in [0.29, 0.717) is 22.6 Å². The zero-order valence-corrected chi connectivity index (χ0v) is 14.3. The minimum Gasteiger partial charge on any atom is -0.497 e. The molecule has 0 saturated carbocycles. The molecule has 0 atom stereocenters. The van der Waals surface area contributed by atoms with Crippen LogP contribution < -0.4 is 10.1 Å². The molecule has 0 unspecified atom stereocenters. The Morgan fingerprint density at radius 1 is 0.846 bits per heavy atom. The molecule has 0 aliphatic carbocycles. The largest absolute Gasteiger partial charge is 0.497 e. The number of carbonyl (C=O) groups excluding carboxylic acids is 4. The number of hydrogen-bond donors (Lipinski definition) is 1. The smallest absolute Gasteiger partial charge is 0.337 e. The van der Waals surface area contributed by atoms with Crippen LogP contribution in [0, 0.1) is 0 Å². The van der Waals surface area contributed by atoms with Gasteiger partial charge in [-0.15, -0.1) is 0 Å². The van der Waals surface area contributed by atoms with Crippen molar-refractivity contribution in [2.45, 2.75) is 6.42 Å². The topological polar surface area (TPSA) is 98.8 Å². The second kappa shape index (κ2) is 8.57. The van der Waals surface area contributed by atoms with Crippen molar-refractivity contribution >= 4 is 29.1 Å². The molecule has 0 bridgehead atoms. The first kappa shape index (κ1) is 18.9. The molecular weight excluding hydrogens is 338 g/mol. The summed E-state index contributed by atoms with van der Waals surface area (Å²) in [6, 6.07) is 12.1. The number of benzene rings is 2. The molecule has 0 radical (unpaired) electrons. The van der Waals surface area contributed by atoms with Crippen molar-refractivity contribution in [2.75, 3.05) is 19.5 Å². The van der Waals surface area contributed by atoms with E-state index in [2.05, 4.69) is 10.1 Å². The van der Waals surface area contributed by atoms with Crippen molar-refractivity contribution in [3.63, 3.8) is 0 Å². The summed E-state index contributed by atoms with van der Waals surface area (Å²) < 4.78 is 9.56. The van der Waals surface area contributed by atoms with E-state index in [-0.39, 0.29) is 0 Å². The summed E-state index contributed by atoms with van der Waals surface area (Å²) in [4.78, 5) is 47.3. The van der Waals surface area contributed by atoms with Crippen LogP contribution in [0.5, 0.6) is 5.75 Å². The first-order valence-electron chi connectivity index (χ1n) is 7.64. The second-order valence-corrected chi connectivity index (χ2v) is 5.27. The fraction of sp³-hybridized carbons (Fsp3) is 0.158. The van der Waals surface area contributed by atoms with Crippen LogP contribution in [0.2, 0.25) is 0 Å². The summed E-state index contributed by atoms with van der Waals surface area (Å²) in [6.07, 6.45) is -0.543. The number of carbonyl (C=O) groups is 4. The molecule has 1 amide bonds. The number of anilines is 1. The molecule has 0 fully saturated rings. The molecule has 0 aliphatic rings. The van der Waals surface area contributed by atoms with Gasteiger partial charge in [-0.25, -0.2) is 4.79 Å². The molecule has 0 aliphatic heterocycles. The van der Waals surface area contributed by atoms with Crippen molar-refractivity contribution in [2.24, 2.45) is 0 Å². The van der Waals surface area contributed by atoms with Crippen LogP contribution in [0.3, 0.4) is 0 Å². The van der Waals surface area contributed by atoms with E-state index in [9.17, 15) is 19.2 Å². The Labute approximate surface area is 149 Å². The number of amides is 1. The quantitative estimate of drug-likeness (QED) is 0.354. The molecule has 0 aromatic heterocycles. The minimum absolute atomic E-state index is 0.312. The van der Waals surface area contributed by atoms with Crippen molar-refractivity contribution in [3.8, 4) is 5.75 Å². The zero-order chi connectivity index (χ0) is 19.1. The van der Waals surface area contributed by atoms with Crippen LogP contribution in [-0.4, -0.2) is 37.7 Å². The number of rotatable bonds is 7. The van der Waals surface area contributed by atoms with E-state index in [1.807, 2.05) is 0 Å². The number of hydrogen-bond acceptors (Lipinski definition) is 6. The van der Waals surface area contributed by atoms with Gasteiger partial charge in [-0.05, 0) is 48.5 Å². The predicted molar refractivity (Wildman–Crippen MR) is 93.4 cm³/mol. The lowest BCUT2D eigenvalue weighted by Gasteiger charge is -2.06. The minimum atomic E-state index is -0.905. The third-order valence-electron chi connectivity index (χ3n) is 3.55.